The molecule has 3 nitrogen and oxygen atoms in total. The highest BCUT2D eigenvalue weighted by Gasteiger charge is 2.23. The summed E-state index contributed by atoms with van der Waals surface area (Å²) in [7, 11) is 0. The van der Waals surface area contributed by atoms with Crippen LogP contribution in [0.1, 0.15) is 11.1 Å². The van der Waals surface area contributed by atoms with Crippen LogP contribution in [0.4, 0.5) is 10.1 Å². The van der Waals surface area contributed by atoms with E-state index in [0.717, 1.165) is 28.3 Å². The summed E-state index contributed by atoms with van der Waals surface area (Å²) in [5.74, 6) is 1.31. The van der Waals surface area contributed by atoms with E-state index in [1.807, 2.05) is 25.1 Å². The van der Waals surface area contributed by atoms with Gasteiger partial charge >= 0.3 is 0 Å². The summed E-state index contributed by atoms with van der Waals surface area (Å²) < 4.78 is 24.6. The molecule has 0 saturated heterocycles. The van der Waals surface area contributed by atoms with Gasteiger partial charge < -0.3 is 15.2 Å². The van der Waals surface area contributed by atoms with Crippen LogP contribution in [-0.4, -0.2) is 12.7 Å². The fourth-order valence-electron chi connectivity index (χ4n) is 2.40. The molecule has 0 amide bonds. The number of halogens is 1. The van der Waals surface area contributed by atoms with Gasteiger partial charge in [-0.05, 0) is 48.9 Å². The minimum atomic E-state index is -0.233. The molecule has 2 N–H and O–H groups in total. The van der Waals surface area contributed by atoms with Gasteiger partial charge in [-0.15, -0.1) is 0 Å². The molecule has 0 spiro atoms. The number of anilines is 1. The Kier molecular flexibility index (Phi) is 3.22. The zero-order chi connectivity index (χ0) is 14.1. The predicted molar refractivity (Wildman–Crippen MR) is 75.6 cm³/mol. The van der Waals surface area contributed by atoms with E-state index in [-0.39, 0.29) is 11.9 Å². The van der Waals surface area contributed by atoms with E-state index in [2.05, 4.69) is 0 Å². The third kappa shape index (κ3) is 2.54. The summed E-state index contributed by atoms with van der Waals surface area (Å²) in [6.45, 7) is 2.38. The highest BCUT2D eigenvalue weighted by Crippen LogP contribution is 2.30. The molecule has 0 radical (unpaired) electrons. The quantitative estimate of drug-likeness (QED) is 0.874. The maximum absolute atomic E-state index is 13.1. The summed E-state index contributed by atoms with van der Waals surface area (Å²) in [6.07, 6.45) is 0.588. The Labute approximate surface area is 117 Å². The van der Waals surface area contributed by atoms with Gasteiger partial charge in [0.2, 0.25) is 0 Å². The van der Waals surface area contributed by atoms with Crippen LogP contribution in [0.5, 0.6) is 11.5 Å². The number of rotatable bonds is 3. The normalized spacial score (nSPS) is 16.6. The molecule has 1 aliphatic rings. The molecule has 0 bridgehead atoms. The van der Waals surface area contributed by atoms with Crippen molar-refractivity contribution in [3.8, 4) is 11.5 Å². The summed E-state index contributed by atoms with van der Waals surface area (Å²) in [6, 6.07) is 10.1. The topological polar surface area (TPSA) is 44.5 Å². The lowest BCUT2D eigenvalue weighted by molar-refractivity contribution is 0.148. The highest BCUT2D eigenvalue weighted by molar-refractivity contribution is 5.47. The Hall–Kier alpha value is -2.23. The number of ether oxygens (including phenoxy) is 2. The molecular weight excluding hydrogens is 257 g/mol. The number of nitrogen functional groups attached to an aromatic ring is 1. The largest absolute Gasteiger partial charge is 0.489 e. The minimum Gasteiger partial charge on any atom is -0.489 e. The summed E-state index contributed by atoms with van der Waals surface area (Å²) in [5, 5.41) is 0. The fraction of sp³-hybridized carbons (Fsp3) is 0.250. The van der Waals surface area contributed by atoms with Crippen molar-refractivity contribution in [1.82, 2.24) is 0 Å². The van der Waals surface area contributed by atoms with E-state index in [0.29, 0.717) is 13.0 Å². The minimum absolute atomic E-state index is 0.0799. The van der Waals surface area contributed by atoms with Crippen molar-refractivity contribution in [2.75, 3.05) is 12.3 Å². The SMILES string of the molecule is Cc1cc(N)ccc1OCC1Cc2cc(F)ccc2O1. The number of benzene rings is 2. The molecule has 1 aliphatic heterocycles. The lowest BCUT2D eigenvalue weighted by atomic mass is 10.1. The second-order valence-corrected chi connectivity index (χ2v) is 5.03. The molecule has 20 heavy (non-hydrogen) atoms. The lowest BCUT2D eigenvalue weighted by Gasteiger charge is -2.14. The van der Waals surface area contributed by atoms with Crippen molar-refractivity contribution >= 4 is 5.69 Å². The van der Waals surface area contributed by atoms with E-state index in [1.165, 1.54) is 12.1 Å². The van der Waals surface area contributed by atoms with Crippen molar-refractivity contribution < 1.29 is 13.9 Å². The average molecular weight is 273 g/mol. The molecule has 2 aromatic carbocycles. The Morgan fingerprint density at radius 3 is 2.95 bits per heavy atom. The Morgan fingerprint density at radius 1 is 1.30 bits per heavy atom. The molecule has 0 saturated carbocycles. The van der Waals surface area contributed by atoms with Crippen LogP contribution < -0.4 is 15.2 Å². The molecule has 1 heterocycles. The molecule has 0 aromatic heterocycles. The molecule has 2 aromatic rings. The van der Waals surface area contributed by atoms with Crippen molar-refractivity contribution in [1.29, 1.82) is 0 Å². The van der Waals surface area contributed by atoms with Crippen molar-refractivity contribution in [3.05, 3.63) is 53.3 Å². The van der Waals surface area contributed by atoms with Crippen LogP contribution in [-0.2, 0) is 6.42 Å². The standard InChI is InChI=1S/C16H16FNO2/c1-10-6-13(18)3-5-15(10)19-9-14-8-11-7-12(17)2-4-16(11)20-14/h2-7,14H,8-9,18H2,1H3. The first kappa shape index (κ1) is 12.8. The molecule has 1 unspecified atom stereocenters. The number of aryl methyl sites for hydroxylation is 1. The summed E-state index contributed by atoms with van der Waals surface area (Å²) >= 11 is 0. The fourth-order valence-corrected chi connectivity index (χ4v) is 2.40. The van der Waals surface area contributed by atoms with E-state index in [4.69, 9.17) is 15.2 Å². The maximum atomic E-state index is 13.1. The van der Waals surface area contributed by atoms with Crippen molar-refractivity contribution in [2.45, 2.75) is 19.4 Å². The van der Waals surface area contributed by atoms with Gasteiger partial charge in [-0.1, -0.05) is 0 Å². The summed E-state index contributed by atoms with van der Waals surface area (Å²) in [4.78, 5) is 0. The first-order chi connectivity index (χ1) is 9.61. The smallest absolute Gasteiger partial charge is 0.137 e. The molecule has 1 atom stereocenters. The Bertz CT molecular complexity index is 642. The van der Waals surface area contributed by atoms with Crippen molar-refractivity contribution in [2.24, 2.45) is 0 Å². The highest BCUT2D eigenvalue weighted by atomic mass is 19.1. The first-order valence-electron chi connectivity index (χ1n) is 6.56. The van der Waals surface area contributed by atoms with Crippen LogP contribution in [0.25, 0.3) is 0 Å². The molecule has 104 valence electrons. The Balaban J connectivity index is 1.63. The van der Waals surface area contributed by atoms with Gasteiger partial charge in [0.15, 0.2) is 0 Å². The van der Waals surface area contributed by atoms with Gasteiger partial charge in [0, 0.05) is 17.7 Å². The zero-order valence-corrected chi connectivity index (χ0v) is 11.2. The molecule has 4 heteroatoms. The molecular formula is C16H16FNO2. The Morgan fingerprint density at radius 2 is 2.15 bits per heavy atom. The van der Waals surface area contributed by atoms with Crippen LogP contribution in [0, 0.1) is 12.7 Å². The third-order valence-electron chi connectivity index (χ3n) is 3.39. The monoisotopic (exact) mass is 273 g/mol. The van der Waals surface area contributed by atoms with Crippen LogP contribution >= 0.6 is 0 Å². The summed E-state index contributed by atoms with van der Waals surface area (Å²) in [5.41, 5.74) is 8.31. The third-order valence-corrected chi connectivity index (χ3v) is 3.39. The molecule has 0 fully saturated rings. The van der Waals surface area contributed by atoms with E-state index in [1.54, 1.807) is 6.07 Å². The van der Waals surface area contributed by atoms with E-state index >= 15 is 0 Å². The van der Waals surface area contributed by atoms with Crippen LogP contribution in [0.3, 0.4) is 0 Å². The zero-order valence-electron chi connectivity index (χ0n) is 11.2. The van der Waals surface area contributed by atoms with Gasteiger partial charge in [-0.3, -0.25) is 0 Å². The van der Waals surface area contributed by atoms with Gasteiger partial charge in [0.1, 0.15) is 30.0 Å². The molecule has 3 rings (SSSR count). The van der Waals surface area contributed by atoms with Gasteiger partial charge in [-0.2, -0.15) is 0 Å². The number of nitrogens with two attached hydrogens (primary N) is 1. The molecule has 0 aliphatic carbocycles. The number of hydrogen-bond donors (Lipinski definition) is 1. The number of hydrogen-bond acceptors (Lipinski definition) is 3. The van der Waals surface area contributed by atoms with Crippen molar-refractivity contribution in [3.63, 3.8) is 0 Å². The van der Waals surface area contributed by atoms with Crippen LogP contribution in [0.2, 0.25) is 0 Å². The average Bonchev–Trinajstić information content (AvgIpc) is 2.79. The van der Waals surface area contributed by atoms with E-state index in [9.17, 15) is 4.39 Å². The second kappa shape index (κ2) is 5.04. The lowest BCUT2D eigenvalue weighted by Crippen LogP contribution is -2.22. The number of fused-ring (bicyclic) bond motifs is 1. The van der Waals surface area contributed by atoms with Gasteiger partial charge in [0.05, 0.1) is 0 Å². The maximum Gasteiger partial charge on any atom is 0.137 e. The van der Waals surface area contributed by atoms with Gasteiger partial charge in [-0.25, -0.2) is 4.39 Å². The second-order valence-electron chi connectivity index (χ2n) is 5.03. The predicted octanol–water partition coefficient (Wildman–Crippen LogP) is 3.10. The van der Waals surface area contributed by atoms with Crippen LogP contribution in [0.15, 0.2) is 36.4 Å². The first-order valence-corrected chi connectivity index (χ1v) is 6.56. The van der Waals surface area contributed by atoms with Gasteiger partial charge in [0.25, 0.3) is 0 Å². The van der Waals surface area contributed by atoms with E-state index < -0.39 is 0 Å².